The van der Waals surface area contributed by atoms with Crippen LogP contribution < -0.4 is 5.32 Å². The van der Waals surface area contributed by atoms with Gasteiger partial charge in [0, 0.05) is 10.5 Å². The highest BCUT2D eigenvalue weighted by molar-refractivity contribution is 9.10. The molecule has 100 valence electrons. The number of benzene rings is 2. The monoisotopic (exact) mass is 361 g/mol. The molecule has 1 atom stereocenters. The Morgan fingerprint density at radius 3 is 2.37 bits per heavy atom. The Kier molecular flexibility index (Phi) is 4.71. The number of para-hydroxylation sites is 1. The minimum atomic E-state index is -0.279. The second kappa shape index (κ2) is 6.12. The Bertz CT molecular complexity index is 584. The normalized spacial score (nSPS) is 12.3. The summed E-state index contributed by atoms with van der Waals surface area (Å²) < 4.78 is 13.8. The molecule has 2 aromatic carbocycles. The van der Waals surface area contributed by atoms with Crippen molar-refractivity contribution in [3.8, 4) is 0 Å². The van der Waals surface area contributed by atoms with E-state index in [0.717, 1.165) is 5.56 Å². The molecular weight excluding hydrogens is 352 g/mol. The van der Waals surface area contributed by atoms with Crippen LogP contribution >= 0.6 is 39.1 Å². The van der Waals surface area contributed by atoms with Crippen LogP contribution in [0.15, 0.2) is 40.9 Å². The highest BCUT2D eigenvalue weighted by atomic mass is 79.9. The maximum atomic E-state index is 13.1. The number of nitrogens with one attached hydrogen (secondary N) is 1. The quantitative estimate of drug-likeness (QED) is 0.698. The predicted molar refractivity (Wildman–Crippen MR) is 82.6 cm³/mol. The second-order valence-electron chi connectivity index (χ2n) is 4.13. The van der Waals surface area contributed by atoms with Gasteiger partial charge in [0.1, 0.15) is 5.82 Å². The Balaban J connectivity index is 2.28. The standard InChI is InChI=1S/C14H11BrCl2FN/c1-8(10-6-5-9(18)7-11(10)15)19-14-12(16)3-2-4-13(14)17/h2-8,19H,1H3. The van der Waals surface area contributed by atoms with Gasteiger partial charge >= 0.3 is 0 Å². The lowest BCUT2D eigenvalue weighted by atomic mass is 10.1. The first-order valence-corrected chi connectivity index (χ1v) is 7.19. The van der Waals surface area contributed by atoms with Crippen LogP contribution in [0.1, 0.15) is 18.5 Å². The van der Waals surface area contributed by atoms with Gasteiger partial charge in [-0.1, -0.05) is 51.3 Å². The third-order valence-corrected chi connectivity index (χ3v) is 4.07. The first kappa shape index (κ1) is 14.6. The molecule has 0 spiro atoms. The molecule has 2 aromatic rings. The molecule has 2 rings (SSSR count). The molecular formula is C14H11BrCl2FN. The van der Waals surface area contributed by atoms with Crippen LogP contribution in [0.5, 0.6) is 0 Å². The molecule has 0 aliphatic rings. The molecule has 5 heteroatoms. The summed E-state index contributed by atoms with van der Waals surface area (Å²) in [5.74, 6) is -0.279. The van der Waals surface area contributed by atoms with Crippen molar-refractivity contribution in [3.63, 3.8) is 0 Å². The van der Waals surface area contributed by atoms with E-state index in [9.17, 15) is 4.39 Å². The first-order valence-electron chi connectivity index (χ1n) is 5.64. The van der Waals surface area contributed by atoms with Crippen LogP contribution in [0.4, 0.5) is 10.1 Å². The van der Waals surface area contributed by atoms with Crippen molar-refractivity contribution in [1.82, 2.24) is 0 Å². The van der Waals surface area contributed by atoms with Crippen LogP contribution in [-0.4, -0.2) is 0 Å². The van der Waals surface area contributed by atoms with Gasteiger partial charge in [-0.2, -0.15) is 0 Å². The Hall–Kier alpha value is -0.770. The molecule has 0 aromatic heterocycles. The zero-order valence-electron chi connectivity index (χ0n) is 10.1. The molecule has 0 radical (unpaired) electrons. The van der Waals surface area contributed by atoms with Crippen LogP contribution in [0, 0.1) is 5.82 Å². The Labute approximate surface area is 129 Å². The maximum Gasteiger partial charge on any atom is 0.124 e. The van der Waals surface area contributed by atoms with Crippen LogP contribution in [0.25, 0.3) is 0 Å². The van der Waals surface area contributed by atoms with E-state index in [1.807, 2.05) is 6.92 Å². The summed E-state index contributed by atoms with van der Waals surface area (Å²) in [6.07, 6.45) is 0. The third kappa shape index (κ3) is 3.41. The molecule has 0 aliphatic carbocycles. The minimum absolute atomic E-state index is 0.0626. The average molecular weight is 363 g/mol. The molecule has 19 heavy (non-hydrogen) atoms. The van der Waals surface area contributed by atoms with E-state index in [2.05, 4.69) is 21.2 Å². The van der Waals surface area contributed by atoms with Crippen molar-refractivity contribution in [2.45, 2.75) is 13.0 Å². The van der Waals surface area contributed by atoms with Crippen molar-refractivity contribution in [1.29, 1.82) is 0 Å². The van der Waals surface area contributed by atoms with E-state index < -0.39 is 0 Å². The lowest BCUT2D eigenvalue weighted by Gasteiger charge is -2.19. The molecule has 0 heterocycles. The van der Waals surface area contributed by atoms with Crippen LogP contribution in [-0.2, 0) is 0 Å². The summed E-state index contributed by atoms with van der Waals surface area (Å²) in [5, 5.41) is 4.35. The van der Waals surface area contributed by atoms with Crippen LogP contribution in [0.2, 0.25) is 10.0 Å². The minimum Gasteiger partial charge on any atom is -0.376 e. The van der Waals surface area contributed by atoms with Gasteiger partial charge in [-0.3, -0.25) is 0 Å². The molecule has 0 fully saturated rings. The van der Waals surface area contributed by atoms with E-state index in [-0.39, 0.29) is 11.9 Å². The summed E-state index contributed by atoms with van der Waals surface area (Å²) >= 11 is 15.6. The van der Waals surface area contributed by atoms with Gasteiger partial charge in [0.05, 0.1) is 15.7 Å². The molecule has 0 aliphatic heterocycles. The number of hydrogen-bond donors (Lipinski definition) is 1. The van der Waals surface area contributed by atoms with Gasteiger partial charge in [0.2, 0.25) is 0 Å². The molecule has 0 bridgehead atoms. The van der Waals surface area contributed by atoms with Crippen molar-refractivity contribution in [3.05, 3.63) is 62.3 Å². The van der Waals surface area contributed by atoms with E-state index in [0.29, 0.717) is 20.2 Å². The first-order chi connectivity index (χ1) is 8.99. The van der Waals surface area contributed by atoms with Crippen molar-refractivity contribution >= 4 is 44.8 Å². The van der Waals surface area contributed by atoms with Crippen molar-refractivity contribution in [2.24, 2.45) is 0 Å². The summed E-state index contributed by atoms with van der Waals surface area (Å²) in [4.78, 5) is 0. The summed E-state index contributed by atoms with van der Waals surface area (Å²) in [7, 11) is 0. The lowest BCUT2D eigenvalue weighted by Crippen LogP contribution is -2.08. The predicted octanol–water partition coefficient (Wildman–Crippen LogP) is 6.07. The molecule has 0 amide bonds. The average Bonchev–Trinajstić information content (AvgIpc) is 2.33. The number of hydrogen-bond acceptors (Lipinski definition) is 1. The SMILES string of the molecule is CC(Nc1c(Cl)cccc1Cl)c1ccc(F)cc1Br. The number of anilines is 1. The third-order valence-electron chi connectivity index (χ3n) is 2.75. The molecule has 1 N–H and O–H groups in total. The van der Waals surface area contributed by atoms with Gasteiger partial charge in [0.25, 0.3) is 0 Å². The summed E-state index contributed by atoms with van der Waals surface area (Å²) in [5.41, 5.74) is 1.60. The highest BCUT2D eigenvalue weighted by Crippen LogP contribution is 2.34. The smallest absolute Gasteiger partial charge is 0.124 e. The van der Waals surface area contributed by atoms with E-state index in [1.54, 1.807) is 24.3 Å². The van der Waals surface area contributed by atoms with Gasteiger partial charge < -0.3 is 5.32 Å². The lowest BCUT2D eigenvalue weighted by molar-refractivity contribution is 0.625. The maximum absolute atomic E-state index is 13.1. The molecule has 1 nitrogen and oxygen atoms in total. The van der Waals surface area contributed by atoms with Crippen molar-refractivity contribution in [2.75, 3.05) is 5.32 Å². The van der Waals surface area contributed by atoms with Crippen molar-refractivity contribution < 1.29 is 4.39 Å². The topological polar surface area (TPSA) is 12.0 Å². The second-order valence-corrected chi connectivity index (χ2v) is 5.80. The summed E-state index contributed by atoms with van der Waals surface area (Å²) in [6, 6.07) is 9.83. The largest absolute Gasteiger partial charge is 0.376 e. The fourth-order valence-corrected chi connectivity index (χ4v) is 2.98. The fourth-order valence-electron chi connectivity index (χ4n) is 1.78. The van der Waals surface area contributed by atoms with Gasteiger partial charge in [0.15, 0.2) is 0 Å². The fraction of sp³-hybridized carbons (Fsp3) is 0.143. The van der Waals surface area contributed by atoms with Gasteiger partial charge in [-0.25, -0.2) is 4.39 Å². The zero-order chi connectivity index (χ0) is 14.0. The highest BCUT2D eigenvalue weighted by Gasteiger charge is 2.13. The number of halogens is 4. The zero-order valence-corrected chi connectivity index (χ0v) is 13.2. The summed E-state index contributed by atoms with van der Waals surface area (Å²) in [6.45, 7) is 1.96. The number of rotatable bonds is 3. The molecule has 1 unspecified atom stereocenters. The van der Waals surface area contributed by atoms with E-state index in [1.165, 1.54) is 12.1 Å². The molecule has 0 saturated heterocycles. The van der Waals surface area contributed by atoms with Gasteiger partial charge in [-0.05, 0) is 36.8 Å². The Morgan fingerprint density at radius 2 is 1.79 bits per heavy atom. The van der Waals surface area contributed by atoms with E-state index in [4.69, 9.17) is 23.2 Å². The Morgan fingerprint density at radius 1 is 1.16 bits per heavy atom. The van der Waals surface area contributed by atoms with E-state index >= 15 is 0 Å². The van der Waals surface area contributed by atoms with Crippen LogP contribution in [0.3, 0.4) is 0 Å². The van der Waals surface area contributed by atoms with Gasteiger partial charge in [-0.15, -0.1) is 0 Å². The molecule has 0 saturated carbocycles.